The molecule has 0 heterocycles. The molecule has 0 aromatic heterocycles. The number of carbonyl (C=O) groups is 1. The quantitative estimate of drug-likeness (QED) is 0.569. The Balaban J connectivity index is 1.78. The molecule has 0 spiro atoms. The predicted octanol–water partition coefficient (Wildman–Crippen LogP) is 5.06. The number of aryl methyl sites for hydroxylation is 1. The molecule has 28 heavy (non-hydrogen) atoms. The summed E-state index contributed by atoms with van der Waals surface area (Å²) in [5.74, 6) is 0.205. The monoisotopic (exact) mass is 416 g/mol. The molecule has 0 radical (unpaired) electrons. The molecule has 0 aliphatic rings. The van der Waals surface area contributed by atoms with E-state index in [1.54, 1.807) is 67.6 Å². The highest BCUT2D eigenvalue weighted by molar-refractivity contribution is 7.87. The Labute approximate surface area is 168 Å². The normalized spacial score (nSPS) is 10.9. The number of hydrogen-bond donors (Lipinski definition) is 2. The molecule has 144 valence electrons. The van der Waals surface area contributed by atoms with Gasteiger partial charge in [0.05, 0.1) is 0 Å². The summed E-state index contributed by atoms with van der Waals surface area (Å²) in [7, 11) is -4.04. The van der Waals surface area contributed by atoms with Gasteiger partial charge in [0.1, 0.15) is 10.6 Å². The van der Waals surface area contributed by atoms with Gasteiger partial charge in [-0.3, -0.25) is 0 Å². The largest absolute Gasteiger partial charge is 0.379 e. The summed E-state index contributed by atoms with van der Waals surface area (Å²) in [5.41, 5.74) is 1.55. The van der Waals surface area contributed by atoms with Crippen molar-refractivity contribution in [2.45, 2.75) is 11.8 Å². The van der Waals surface area contributed by atoms with E-state index in [2.05, 4.69) is 10.6 Å². The number of hydrogen-bond acceptors (Lipinski definition) is 4. The van der Waals surface area contributed by atoms with E-state index >= 15 is 0 Å². The van der Waals surface area contributed by atoms with Gasteiger partial charge in [-0.05, 0) is 55.0 Å². The van der Waals surface area contributed by atoms with Crippen LogP contribution in [0, 0.1) is 6.92 Å². The van der Waals surface area contributed by atoms with E-state index in [-0.39, 0.29) is 10.6 Å². The minimum absolute atomic E-state index is 0.0694. The zero-order valence-electron chi connectivity index (χ0n) is 14.8. The van der Waals surface area contributed by atoms with Crippen LogP contribution < -0.4 is 14.8 Å². The standard InChI is InChI=1S/C20H17ClN2O4S/c1-14-10-11-18(28(25,26)27-17-8-3-2-4-9-17)13-19(14)23-20(24)22-16-7-5-6-15(21)12-16/h2-13H,1H3,(H2,22,23,24). The minimum Gasteiger partial charge on any atom is -0.379 e. The Morgan fingerprint density at radius 3 is 2.39 bits per heavy atom. The first-order chi connectivity index (χ1) is 13.3. The Kier molecular flexibility index (Phi) is 5.87. The van der Waals surface area contributed by atoms with Gasteiger partial charge in [0.2, 0.25) is 0 Å². The van der Waals surface area contributed by atoms with E-state index in [0.717, 1.165) is 0 Å². The summed E-state index contributed by atoms with van der Waals surface area (Å²) in [5, 5.41) is 5.77. The van der Waals surface area contributed by atoms with Gasteiger partial charge >= 0.3 is 16.1 Å². The molecule has 6 nitrogen and oxygen atoms in total. The fraction of sp³-hybridized carbons (Fsp3) is 0.0500. The van der Waals surface area contributed by atoms with Crippen molar-refractivity contribution in [2.24, 2.45) is 0 Å². The van der Waals surface area contributed by atoms with E-state index in [4.69, 9.17) is 15.8 Å². The molecule has 3 rings (SSSR count). The summed E-state index contributed by atoms with van der Waals surface area (Å²) < 4.78 is 30.2. The number of para-hydroxylation sites is 1. The number of nitrogens with one attached hydrogen (secondary N) is 2. The van der Waals surface area contributed by atoms with Crippen molar-refractivity contribution in [1.82, 2.24) is 0 Å². The van der Waals surface area contributed by atoms with E-state index in [9.17, 15) is 13.2 Å². The maximum atomic E-state index is 12.5. The molecule has 0 aliphatic heterocycles. The molecule has 0 bridgehead atoms. The van der Waals surface area contributed by atoms with Crippen molar-refractivity contribution in [3.63, 3.8) is 0 Å². The molecule has 2 amide bonds. The summed E-state index contributed by atoms with van der Waals surface area (Å²) >= 11 is 5.90. The lowest BCUT2D eigenvalue weighted by atomic mass is 10.2. The average molecular weight is 417 g/mol. The first-order valence-electron chi connectivity index (χ1n) is 8.27. The molecule has 3 aromatic carbocycles. The molecule has 0 atom stereocenters. The third kappa shape index (κ3) is 5.03. The van der Waals surface area contributed by atoms with Gasteiger partial charge in [-0.1, -0.05) is 41.9 Å². The number of carbonyl (C=O) groups excluding carboxylic acids is 1. The smallest absolute Gasteiger partial charge is 0.339 e. The first-order valence-corrected chi connectivity index (χ1v) is 10.1. The molecule has 3 aromatic rings. The lowest BCUT2D eigenvalue weighted by Gasteiger charge is -2.12. The number of urea groups is 1. The number of anilines is 2. The molecular weight excluding hydrogens is 400 g/mol. The zero-order chi connectivity index (χ0) is 20.1. The maximum Gasteiger partial charge on any atom is 0.339 e. The number of benzene rings is 3. The van der Waals surface area contributed by atoms with Gasteiger partial charge in [0, 0.05) is 16.4 Å². The number of rotatable bonds is 5. The third-order valence-electron chi connectivity index (χ3n) is 3.78. The van der Waals surface area contributed by atoms with Crippen molar-refractivity contribution in [3.05, 3.63) is 83.4 Å². The summed E-state index contributed by atoms with van der Waals surface area (Å²) in [6, 6.07) is 18.7. The van der Waals surface area contributed by atoms with Crippen LogP contribution in [0.2, 0.25) is 5.02 Å². The van der Waals surface area contributed by atoms with Crippen molar-refractivity contribution < 1.29 is 17.4 Å². The van der Waals surface area contributed by atoms with Gasteiger partial charge in [-0.25, -0.2) is 4.79 Å². The second kappa shape index (κ2) is 8.33. The highest BCUT2D eigenvalue weighted by atomic mass is 35.5. The SMILES string of the molecule is Cc1ccc(S(=O)(=O)Oc2ccccc2)cc1NC(=O)Nc1cccc(Cl)c1. The molecule has 0 saturated carbocycles. The summed E-state index contributed by atoms with van der Waals surface area (Å²) in [6.45, 7) is 1.75. The van der Waals surface area contributed by atoms with E-state index in [1.165, 1.54) is 12.1 Å². The molecule has 0 fully saturated rings. The first kappa shape index (κ1) is 19.7. The topological polar surface area (TPSA) is 84.5 Å². The van der Waals surface area contributed by atoms with Crippen LogP contribution in [0.5, 0.6) is 5.75 Å². The van der Waals surface area contributed by atoms with Crippen molar-refractivity contribution in [3.8, 4) is 5.75 Å². The second-order valence-electron chi connectivity index (χ2n) is 5.92. The lowest BCUT2D eigenvalue weighted by molar-refractivity contribution is 0.262. The van der Waals surface area contributed by atoms with Crippen LogP contribution in [0.15, 0.2) is 77.7 Å². The van der Waals surface area contributed by atoms with Crippen molar-refractivity contribution in [1.29, 1.82) is 0 Å². The Hall–Kier alpha value is -3.03. The van der Waals surface area contributed by atoms with Gasteiger partial charge < -0.3 is 14.8 Å². The van der Waals surface area contributed by atoms with Crippen LogP contribution in [0.1, 0.15) is 5.56 Å². The molecule has 0 unspecified atom stereocenters. The fourth-order valence-corrected chi connectivity index (χ4v) is 3.54. The highest BCUT2D eigenvalue weighted by Crippen LogP contribution is 2.24. The highest BCUT2D eigenvalue weighted by Gasteiger charge is 2.18. The average Bonchev–Trinajstić information content (AvgIpc) is 2.64. The van der Waals surface area contributed by atoms with Crippen LogP contribution in [0.25, 0.3) is 0 Å². The maximum absolute atomic E-state index is 12.5. The Morgan fingerprint density at radius 1 is 0.929 bits per heavy atom. The lowest BCUT2D eigenvalue weighted by Crippen LogP contribution is -2.20. The predicted molar refractivity (Wildman–Crippen MR) is 110 cm³/mol. The van der Waals surface area contributed by atoms with Gasteiger partial charge in [0.15, 0.2) is 0 Å². The van der Waals surface area contributed by atoms with Gasteiger partial charge in [-0.2, -0.15) is 8.42 Å². The zero-order valence-corrected chi connectivity index (χ0v) is 16.4. The van der Waals surface area contributed by atoms with Crippen LogP contribution in [0.4, 0.5) is 16.2 Å². The van der Waals surface area contributed by atoms with Crippen LogP contribution >= 0.6 is 11.6 Å². The molecular formula is C20H17ClN2O4S. The van der Waals surface area contributed by atoms with E-state index < -0.39 is 16.1 Å². The molecule has 2 N–H and O–H groups in total. The third-order valence-corrected chi connectivity index (χ3v) is 5.26. The summed E-state index contributed by atoms with van der Waals surface area (Å²) in [4.78, 5) is 12.2. The van der Waals surface area contributed by atoms with Crippen LogP contribution in [0.3, 0.4) is 0 Å². The summed E-state index contributed by atoms with van der Waals surface area (Å²) in [6.07, 6.45) is 0. The van der Waals surface area contributed by atoms with Gasteiger partial charge in [-0.15, -0.1) is 0 Å². The Morgan fingerprint density at radius 2 is 1.68 bits per heavy atom. The number of amides is 2. The second-order valence-corrected chi connectivity index (χ2v) is 7.90. The minimum atomic E-state index is -4.04. The molecule has 8 heteroatoms. The van der Waals surface area contributed by atoms with E-state index in [0.29, 0.717) is 22.0 Å². The van der Waals surface area contributed by atoms with E-state index in [1.807, 2.05) is 0 Å². The fourth-order valence-electron chi connectivity index (χ4n) is 2.39. The van der Waals surface area contributed by atoms with Crippen molar-refractivity contribution in [2.75, 3.05) is 10.6 Å². The Bertz CT molecular complexity index is 1100. The number of halogens is 1. The molecule has 0 aliphatic carbocycles. The van der Waals surface area contributed by atoms with Gasteiger partial charge in [0.25, 0.3) is 0 Å². The van der Waals surface area contributed by atoms with Crippen molar-refractivity contribution >= 4 is 39.1 Å². The van der Waals surface area contributed by atoms with Crippen LogP contribution in [-0.2, 0) is 10.1 Å². The van der Waals surface area contributed by atoms with Crippen LogP contribution in [-0.4, -0.2) is 14.4 Å². The molecule has 0 saturated heterocycles.